The van der Waals surface area contributed by atoms with Crippen LogP contribution in [0.4, 0.5) is 0 Å². The molecule has 5 aromatic rings. The molecule has 0 unspecified atom stereocenters. The SMILES string of the molecule is CC(C)(C)c1ccc(-c2ccc(Cl)cc2COc2ccc(-c3nc4ccccc4n3C3CCCCC3)cc2)cc1. The highest BCUT2D eigenvalue weighted by Crippen LogP contribution is 2.36. The van der Waals surface area contributed by atoms with Crippen molar-refractivity contribution in [1.82, 2.24) is 9.55 Å². The highest BCUT2D eigenvalue weighted by atomic mass is 35.5. The van der Waals surface area contributed by atoms with Crippen molar-refractivity contribution in [1.29, 1.82) is 0 Å². The van der Waals surface area contributed by atoms with Crippen molar-refractivity contribution in [2.75, 3.05) is 0 Å². The number of imidazole rings is 1. The third-order valence-corrected chi connectivity index (χ3v) is 8.41. The summed E-state index contributed by atoms with van der Waals surface area (Å²) in [6, 6.07) is 32.3. The first-order valence-electron chi connectivity index (χ1n) is 14.5. The number of rotatable bonds is 6. The molecular formula is C36H37ClN2O. The number of ether oxygens (including phenoxy) is 1. The molecule has 1 aliphatic carbocycles. The molecule has 1 heterocycles. The number of hydrogen-bond acceptors (Lipinski definition) is 2. The Morgan fingerprint density at radius 3 is 2.25 bits per heavy atom. The fourth-order valence-electron chi connectivity index (χ4n) is 5.93. The normalized spacial score (nSPS) is 14.5. The van der Waals surface area contributed by atoms with Crippen LogP contribution in [0.5, 0.6) is 5.75 Å². The molecular weight excluding hydrogens is 512 g/mol. The first-order valence-corrected chi connectivity index (χ1v) is 14.8. The Morgan fingerprint density at radius 2 is 1.52 bits per heavy atom. The number of para-hydroxylation sites is 2. The summed E-state index contributed by atoms with van der Waals surface area (Å²) in [6.07, 6.45) is 6.34. The monoisotopic (exact) mass is 548 g/mol. The summed E-state index contributed by atoms with van der Waals surface area (Å²) in [5.41, 5.74) is 8.23. The van der Waals surface area contributed by atoms with Crippen molar-refractivity contribution >= 4 is 22.6 Å². The van der Waals surface area contributed by atoms with Crippen LogP contribution >= 0.6 is 11.6 Å². The average Bonchev–Trinajstić information content (AvgIpc) is 3.36. The van der Waals surface area contributed by atoms with Crippen LogP contribution in [-0.4, -0.2) is 9.55 Å². The maximum absolute atomic E-state index is 6.41. The number of fused-ring (bicyclic) bond motifs is 1. The number of aromatic nitrogens is 2. The van der Waals surface area contributed by atoms with Crippen LogP contribution in [0.1, 0.15) is 70.0 Å². The van der Waals surface area contributed by atoms with E-state index >= 15 is 0 Å². The van der Waals surface area contributed by atoms with Gasteiger partial charge in [0.05, 0.1) is 11.0 Å². The Hall–Kier alpha value is -3.56. The lowest BCUT2D eigenvalue weighted by molar-refractivity contribution is 0.307. The van der Waals surface area contributed by atoms with Crippen LogP contribution in [0.15, 0.2) is 91.0 Å². The number of hydrogen-bond donors (Lipinski definition) is 0. The summed E-state index contributed by atoms with van der Waals surface area (Å²) < 4.78 is 8.78. The largest absolute Gasteiger partial charge is 0.489 e. The number of benzene rings is 4. The van der Waals surface area contributed by atoms with E-state index in [0.29, 0.717) is 17.7 Å². The van der Waals surface area contributed by atoms with Crippen molar-refractivity contribution in [2.24, 2.45) is 0 Å². The zero-order valence-electron chi connectivity index (χ0n) is 23.7. The van der Waals surface area contributed by atoms with Gasteiger partial charge in [-0.3, -0.25) is 0 Å². The van der Waals surface area contributed by atoms with Gasteiger partial charge in [0, 0.05) is 16.6 Å². The quantitative estimate of drug-likeness (QED) is 0.211. The van der Waals surface area contributed by atoms with Crippen molar-refractivity contribution < 1.29 is 4.74 Å². The predicted octanol–water partition coefficient (Wildman–Crippen LogP) is 10.4. The molecule has 1 aliphatic rings. The van der Waals surface area contributed by atoms with Gasteiger partial charge in [-0.25, -0.2) is 4.98 Å². The zero-order valence-corrected chi connectivity index (χ0v) is 24.4. The number of halogens is 1. The second kappa shape index (κ2) is 11.1. The molecule has 3 nitrogen and oxygen atoms in total. The maximum atomic E-state index is 6.41. The van der Waals surface area contributed by atoms with Crippen molar-refractivity contribution in [3.05, 3.63) is 107 Å². The summed E-state index contributed by atoms with van der Waals surface area (Å²) in [5.74, 6) is 1.88. The lowest BCUT2D eigenvalue weighted by Crippen LogP contribution is -2.13. The van der Waals surface area contributed by atoms with Gasteiger partial charge in [-0.15, -0.1) is 0 Å². The minimum absolute atomic E-state index is 0.122. The Kier molecular flexibility index (Phi) is 7.42. The van der Waals surface area contributed by atoms with Crippen LogP contribution in [0, 0.1) is 0 Å². The van der Waals surface area contributed by atoms with Crippen molar-refractivity contribution in [2.45, 2.75) is 70.9 Å². The summed E-state index contributed by atoms with van der Waals surface area (Å²) in [6.45, 7) is 7.15. The Bertz CT molecular complexity index is 1600. The van der Waals surface area contributed by atoms with E-state index in [1.165, 1.54) is 48.7 Å². The average molecular weight is 549 g/mol. The lowest BCUT2D eigenvalue weighted by Gasteiger charge is -2.25. The van der Waals surface area contributed by atoms with Gasteiger partial charge in [0.15, 0.2) is 0 Å². The molecule has 0 bridgehead atoms. The fourth-order valence-corrected chi connectivity index (χ4v) is 6.13. The van der Waals surface area contributed by atoms with E-state index in [9.17, 15) is 0 Å². The van der Waals surface area contributed by atoms with Gasteiger partial charge in [0.2, 0.25) is 0 Å². The Balaban J connectivity index is 1.24. The van der Waals surface area contributed by atoms with E-state index in [0.717, 1.165) is 33.8 Å². The maximum Gasteiger partial charge on any atom is 0.141 e. The molecule has 0 atom stereocenters. The van der Waals surface area contributed by atoms with Crippen molar-refractivity contribution in [3.63, 3.8) is 0 Å². The summed E-state index contributed by atoms with van der Waals surface area (Å²) in [7, 11) is 0. The van der Waals surface area contributed by atoms with Gasteiger partial charge < -0.3 is 9.30 Å². The van der Waals surface area contributed by atoms with Crippen LogP contribution in [0.3, 0.4) is 0 Å². The van der Waals surface area contributed by atoms with Crippen LogP contribution in [0.25, 0.3) is 33.5 Å². The third-order valence-electron chi connectivity index (χ3n) is 8.17. The molecule has 1 aromatic heterocycles. The van der Waals surface area contributed by atoms with Gasteiger partial charge >= 0.3 is 0 Å². The predicted molar refractivity (Wildman–Crippen MR) is 167 cm³/mol. The lowest BCUT2D eigenvalue weighted by atomic mass is 9.86. The second-order valence-electron chi connectivity index (χ2n) is 12.0. The molecule has 0 N–H and O–H groups in total. The molecule has 0 amide bonds. The molecule has 1 saturated carbocycles. The summed E-state index contributed by atoms with van der Waals surface area (Å²) in [5, 5.41) is 0.714. The molecule has 6 rings (SSSR count). The van der Waals surface area contributed by atoms with Gasteiger partial charge in [0.1, 0.15) is 18.2 Å². The van der Waals surface area contributed by atoms with E-state index < -0.39 is 0 Å². The van der Waals surface area contributed by atoms with Crippen LogP contribution in [-0.2, 0) is 12.0 Å². The van der Waals surface area contributed by atoms with Crippen LogP contribution in [0.2, 0.25) is 5.02 Å². The standard InChI is InChI=1S/C36H37ClN2O/c1-36(2,3)28-17-13-25(14-18-28)32-22-19-29(37)23-27(32)24-40-31-20-15-26(16-21-31)35-38-33-11-7-8-12-34(33)39(35)30-9-5-4-6-10-30/h7-8,11-23,30H,4-6,9-10,24H2,1-3H3. The Morgan fingerprint density at radius 1 is 0.825 bits per heavy atom. The highest BCUT2D eigenvalue weighted by molar-refractivity contribution is 6.30. The van der Waals surface area contributed by atoms with Gasteiger partial charge in [0.25, 0.3) is 0 Å². The Labute approximate surface area is 242 Å². The third kappa shape index (κ3) is 5.53. The molecule has 204 valence electrons. The fraction of sp³-hybridized carbons (Fsp3) is 0.306. The molecule has 1 fully saturated rings. The molecule has 0 spiro atoms. The topological polar surface area (TPSA) is 27.1 Å². The van der Waals surface area contributed by atoms with E-state index in [1.807, 2.05) is 12.1 Å². The molecule has 0 saturated heterocycles. The minimum atomic E-state index is 0.122. The second-order valence-corrected chi connectivity index (χ2v) is 12.5. The van der Waals surface area contributed by atoms with E-state index in [-0.39, 0.29) is 5.41 Å². The minimum Gasteiger partial charge on any atom is -0.489 e. The van der Waals surface area contributed by atoms with Crippen molar-refractivity contribution in [3.8, 4) is 28.3 Å². The summed E-state index contributed by atoms with van der Waals surface area (Å²) >= 11 is 6.41. The van der Waals surface area contributed by atoms with Crippen LogP contribution < -0.4 is 4.74 Å². The van der Waals surface area contributed by atoms with E-state index in [1.54, 1.807) is 0 Å². The molecule has 40 heavy (non-hydrogen) atoms. The van der Waals surface area contributed by atoms with Gasteiger partial charge in [-0.2, -0.15) is 0 Å². The molecule has 0 aliphatic heterocycles. The molecule has 4 heteroatoms. The van der Waals surface area contributed by atoms with E-state index in [2.05, 4.69) is 104 Å². The number of nitrogens with zero attached hydrogens (tertiary/aromatic N) is 2. The summed E-state index contributed by atoms with van der Waals surface area (Å²) in [4.78, 5) is 5.06. The van der Waals surface area contributed by atoms with E-state index in [4.69, 9.17) is 21.3 Å². The van der Waals surface area contributed by atoms with Gasteiger partial charge in [-0.1, -0.05) is 94.1 Å². The smallest absolute Gasteiger partial charge is 0.141 e. The molecule has 0 radical (unpaired) electrons. The zero-order chi connectivity index (χ0) is 27.7. The van der Waals surface area contributed by atoms with Gasteiger partial charge in [-0.05, 0) is 89.0 Å². The first kappa shape index (κ1) is 26.7. The highest BCUT2D eigenvalue weighted by Gasteiger charge is 2.22. The molecule has 4 aromatic carbocycles. The first-order chi connectivity index (χ1) is 19.4.